The van der Waals surface area contributed by atoms with Crippen molar-refractivity contribution in [3.8, 4) is 34.2 Å². The van der Waals surface area contributed by atoms with Crippen LogP contribution >= 0.6 is 0 Å². The Hall–Kier alpha value is -3.40. The van der Waals surface area contributed by atoms with Gasteiger partial charge in [-0.3, -0.25) is 4.79 Å². The summed E-state index contributed by atoms with van der Waals surface area (Å²) in [4.78, 5) is 16.4. The molecular formula is C18H20N4O6. The van der Waals surface area contributed by atoms with Crippen LogP contribution in [0.25, 0.3) is 22.7 Å². The standard InChI is InChI=1S/C18H20N4O6/c1-4-19-18(26)15-14(17-20-13(7-23)27-22-17)16(28-21-15)10-5-9(8(2)3)11(24)6-12(10)25/h5-6,8,23-25H,4,7H2,1-3H3,(H,19,26). The Morgan fingerprint density at radius 2 is 1.93 bits per heavy atom. The van der Waals surface area contributed by atoms with Crippen molar-refractivity contribution in [3.63, 3.8) is 0 Å². The number of carbonyl (C=O) groups is 1. The normalized spacial score (nSPS) is 11.2. The second-order valence-corrected chi connectivity index (χ2v) is 6.35. The summed E-state index contributed by atoms with van der Waals surface area (Å²) in [5.41, 5.74) is 0.777. The number of phenolic OH excluding ortho intramolecular Hbond substituents is 2. The summed E-state index contributed by atoms with van der Waals surface area (Å²) in [6, 6.07) is 2.74. The van der Waals surface area contributed by atoms with Crippen molar-refractivity contribution >= 4 is 5.91 Å². The van der Waals surface area contributed by atoms with E-state index in [1.54, 1.807) is 13.0 Å². The maximum absolute atomic E-state index is 12.4. The molecule has 1 aromatic carbocycles. The van der Waals surface area contributed by atoms with Gasteiger partial charge in [-0.15, -0.1) is 0 Å². The van der Waals surface area contributed by atoms with Gasteiger partial charge in [0.05, 0.1) is 5.56 Å². The van der Waals surface area contributed by atoms with Gasteiger partial charge in [0.1, 0.15) is 23.7 Å². The number of benzene rings is 1. The van der Waals surface area contributed by atoms with Crippen LogP contribution in [0.4, 0.5) is 0 Å². The first kappa shape index (κ1) is 19.4. The number of carbonyl (C=O) groups excluding carboxylic acids is 1. The summed E-state index contributed by atoms with van der Waals surface area (Å²) < 4.78 is 10.3. The molecule has 0 fully saturated rings. The molecule has 10 heteroatoms. The minimum Gasteiger partial charge on any atom is -0.508 e. The molecule has 0 aliphatic heterocycles. The SMILES string of the molecule is CCNC(=O)c1noc(-c2cc(C(C)C)c(O)cc2O)c1-c1noc(CO)n1. The fraction of sp³-hybridized carbons (Fsp3) is 0.333. The highest BCUT2D eigenvalue weighted by Crippen LogP contribution is 2.42. The minimum atomic E-state index is -0.523. The first-order valence-electron chi connectivity index (χ1n) is 8.65. The molecule has 0 bridgehead atoms. The van der Waals surface area contributed by atoms with Gasteiger partial charge in [0.2, 0.25) is 5.82 Å². The van der Waals surface area contributed by atoms with Gasteiger partial charge in [-0.2, -0.15) is 4.98 Å². The molecule has 0 aliphatic rings. The molecule has 28 heavy (non-hydrogen) atoms. The minimum absolute atomic E-state index is 0.0277. The summed E-state index contributed by atoms with van der Waals surface area (Å²) in [5, 5.41) is 39.8. The molecule has 0 aliphatic carbocycles. The lowest BCUT2D eigenvalue weighted by Crippen LogP contribution is -2.23. The number of aliphatic hydroxyl groups is 1. The lowest BCUT2D eigenvalue weighted by Gasteiger charge is -2.11. The summed E-state index contributed by atoms with van der Waals surface area (Å²) in [6.45, 7) is 5.38. The van der Waals surface area contributed by atoms with Gasteiger partial charge < -0.3 is 29.7 Å². The highest BCUT2D eigenvalue weighted by molar-refractivity contribution is 6.01. The van der Waals surface area contributed by atoms with E-state index in [4.69, 9.17) is 9.05 Å². The number of hydrogen-bond acceptors (Lipinski definition) is 9. The molecule has 0 saturated heterocycles. The van der Waals surface area contributed by atoms with Gasteiger partial charge >= 0.3 is 0 Å². The van der Waals surface area contributed by atoms with Crippen molar-refractivity contribution in [1.82, 2.24) is 20.6 Å². The average molecular weight is 388 g/mol. The Bertz CT molecular complexity index is 1010. The second-order valence-electron chi connectivity index (χ2n) is 6.35. The third-order valence-electron chi connectivity index (χ3n) is 4.08. The molecule has 2 aromatic heterocycles. The van der Waals surface area contributed by atoms with E-state index >= 15 is 0 Å². The van der Waals surface area contributed by atoms with E-state index in [0.29, 0.717) is 12.1 Å². The number of nitrogens with one attached hydrogen (secondary N) is 1. The van der Waals surface area contributed by atoms with Crippen LogP contribution < -0.4 is 5.32 Å². The zero-order valence-corrected chi connectivity index (χ0v) is 15.6. The molecule has 148 valence electrons. The van der Waals surface area contributed by atoms with Crippen molar-refractivity contribution in [2.24, 2.45) is 0 Å². The summed E-state index contributed by atoms with van der Waals surface area (Å²) in [6.07, 6.45) is 0. The van der Waals surface area contributed by atoms with Crippen molar-refractivity contribution in [3.05, 3.63) is 29.3 Å². The first-order chi connectivity index (χ1) is 13.4. The molecule has 0 saturated carbocycles. The Labute approximate surface area is 159 Å². The van der Waals surface area contributed by atoms with Crippen molar-refractivity contribution in [1.29, 1.82) is 0 Å². The topological polar surface area (TPSA) is 155 Å². The molecule has 0 radical (unpaired) electrons. The Balaban J connectivity index is 2.25. The highest BCUT2D eigenvalue weighted by atomic mass is 16.5. The summed E-state index contributed by atoms with van der Waals surface area (Å²) >= 11 is 0. The fourth-order valence-electron chi connectivity index (χ4n) is 2.74. The lowest BCUT2D eigenvalue weighted by atomic mass is 9.96. The molecule has 2 heterocycles. The van der Waals surface area contributed by atoms with Gasteiger partial charge in [0.15, 0.2) is 11.5 Å². The van der Waals surface area contributed by atoms with E-state index in [9.17, 15) is 20.1 Å². The second kappa shape index (κ2) is 7.69. The van der Waals surface area contributed by atoms with E-state index in [2.05, 4.69) is 20.6 Å². The molecule has 3 aromatic rings. The molecule has 10 nitrogen and oxygen atoms in total. The molecular weight excluding hydrogens is 368 g/mol. The monoisotopic (exact) mass is 388 g/mol. The first-order valence-corrected chi connectivity index (χ1v) is 8.65. The predicted molar refractivity (Wildman–Crippen MR) is 96.6 cm³/mol. The number of aromatic nitrogens is 3. The molecule has 1 amide bonds. The molecule has 0 atom stereocenters. The maximum atomic E-state index is 12.4. The largest absolute Gasteiger partial charge is 0.508 e. The van der Waals surface area contributed by atoms with Crippen LogP contribution in [0.1, 0.15) is 48.6 Å². The molecule has 0 unspecified atom stereocenters. The smallest absolute Gasteiger partial charge is 0.274 e. The lowest BCUT2D eigenvalue weighted by molar-refractivity contribution is 0.0947. The Morgan fingerprint density at radius 1 is 1.18 bits per heavy atom. The highest BCUT2D eigenvalue weighted by Gasteiger charge is 2.29. The van der Waals surface area contributed by atoms with Gasteiger partial charge in [0.25, 0.3) is 11.8 Å². The quantitative estimate of drug-likeness (QED) is 0.497. The third kappa shape index (κ3) is 3.41. The number of amides is 1. The van der Waals surface area contributed by atoms with Gasteiger partial charge in [-0.05, 0) is 24.5 Å². The van der Waals surface area contributed by atoms with Crippen molar-refractivity contribution in [2.45, 2.75) is 33.3 Å². The van der Waals surface area contributed by atoms with Gasteiger partial charge in [-0.1, -0.05) is 24.2 Å². The zero-order valence-electron chi connectivity index (χ0n) is 15.6. The predicted octanol–water partition coefficient (Wildman–Crippen LogP) is 2.17. The van der Waals surface area contributed by atoms with Gasteiger partial charge in [-0.25, -0.2) is 0 Å². The Morgan fingerprint density at radius 3 is 2.54 bits per heavy atom. The third-order valence-corrected chi connectivity index (χ3v) is 4.08. The number of phenols is 2. The number of rotatable bonds is 6. The van der Waals surface area contributed by atoms with E-state index < -0.39 is 12.5 Å². The van der Waals surface area contributed by atoms with Crippen LogP contribution in [0.15, 0.2) is 21.2 Å². The van der Waals surface area contributed by atoms with E-state index in [0.717, 1.165) is 0 Å². The van der Waals surface area contributed by atoms with Crippen molar-refractivity contribution < 1.29 is 29.2 Å². The average Bonchev–Trinajstić information content (AvgIpc) is 3.28. The molecule has 3 rings (SSSR count). The van der Waals surface area contributed by atoms with Crippen LogP contribution in [0.5, 0.6) is 11.5 Å². The number of hydrogen-bond donors (Lipinski definition) is 4. The summed E-state index contributed by atoms with van der Waals surface area (Å²) in [7, 11) is 0. The van der Waals surface area contributed by atoms with Crippen LogP contribution in [0.2, 0.25) is 0 Å². The molecule has 4 N–H and O–H groups in total. The van der Waals surface area contributed by atoms with Crippen LogP contribution in [0.3, 0.4) is 0 Å². The number of aliphatic hydroxyl groups excluding tert-OH is 1. The van der Waals surface area contributed by atoms with Crippen LogP contribution in [-0.2, 0) is 6.61 Å². The van der Waals surface area contributed by atoms with Crippen molar-refractivity contribution in [2.75, 3.05) is 6.54 Å². The van der Waals surface area contributed by atoms with E-state index in [-0.39, 0.29) is 51.7 Å². The number of aromatic hydroxyl groups is 2. The van der Waals surface area contributed by atoms with E-state index in [1.807, 2.05) is 13.8 Å². The van der Waals surface area contributed by atoms with Crippen LogP contribution in [0, 0.1) is 0 Å². The Kier molecular flexibility index (Phi) is 5.32. The van der Waals surface area contributed by atoms with Crippen LogP contribution in [-0.4, -0.2) is 43.1 Å². The maximum Gasteiger partial charge on any atom is 0.274 e. The molecule has 0 spiro atoms. The van der Waals surface area contributed by atoms with Gasteiger partial charge in [0, 0.05) is 12.6 Å². The summed E-state index contributed by atoms with van der Waals surface area (Å²) in [5.74, 6) is -0.950. The fourth-order valence-corrected chi connectivity index (χ4v) is 2.74. The number of nitrogens with zero attached hydrogens (tertiary/aromatic N) is 3. The van der Waals surface area contributed by atoms with E-state index in [1.165, 1.54) is 6.07 Å². The zero-order chi connectivity index (χ0) is 20.4.